The molecule has 31 heavy (non-hydrogen) atoms. The number of ether oxygens (including phenoxy) is 1. The summed E-state index contributed by atoms with van der Waals surface area (Å²) in [5.41, 5.74) is 3.90. The van der Waals surface area contributed by atoms with Crippen molar-refractivity contribution in [3.63, 3.8) is 0 Å². The lowest BCUT2D eigenvalue weighted by molar-refractivity contribution is 0.0438. The second-order valence-corrected chi connectivity index (χ2v) is 7.40. The molecule has 0 unspecified atom stereocenters. The van der Waals surface area contributed by atoms with Crippen LogP contribution >= 0.6 is 0 Å². The first-order valence-corrected chi connectivity index (χ1v) is 9.74. The predicted molar refractivity (Wildman–Crippen MR) is 115 cm³/mol. The average molecular weight is 416 g/mol. The zero-order chi connectivity index (χ0) is 22.1. The van der Waals surface area contributed by atoms with Crippen LogP contribution in [-0.2, 0) is 11.3 Å². The molecule has 2 aromatic carbocycles. The highest BCUT2D eigenvalue weighted by molar-refractivity contribution is 5.94. The first kappa shape index (κ1) is 20.3. The van der Waals surface area contributed by atoms with Gasteiger partial charge in [0.1, 0.15) is 18.0 Å². The monoisotopic (exact) mass is 416 g/mol. The number of furan rings is 1. The number of hydrogen-bond acceptors (Lipinski definition) is 6. The second kappa shape index (κ2) is 8.07. The summed E-state index contributed by atoms with van der Waals surface area (Å²) in [5, 5.41) is 0.723. The van der Waals surface area contributed by atoms with Gasteiger partial charge < -0.3 is 13.6 Å². The van der Waals surface area contributed by atoms with Crippen LogP contribution < -0.4 is 5.63 Å². The highest BCUT2D eigenvalue weighted by Gasteiger charge is 2.16. The third-order valence-electron chi connectivity index (χ3n) is 5.19. The third kappa shape index (κ3) is 4.19. The van der Waals surface area contributed by atoms with Gasteiger partial charge in [0, 0.05) is 28.1 Å². The van der Waals surface area contributed by atoms with Gasteiger partial charge in [0.25, 0.3) is 0 Å². The number of aryl methyl sites for hydroxylation is 2. The van der Waals surface area contributed by atoms with E-state index in [0.717, 1.165) is 22.1 Å². The summed E-state index contributed by atoms with van der Waals surface area (Å²) in [7, 11) is 0. The smallest absolute Gasteiger partial charge is 0.374 e. The SMILES string of the molecule is CC(=O)c1ccc(-c2ccc(C(=O)OCc3cc(=O)oc4cc(C)c(C)cc34)o2)cc1. The molecule has 6 heteroatoms. The molecular formula is C25H20O6. The molecule has 0 saturated carbocycles. The van der Waals surface area contributed by atoms with E-state index in [2.05, 4.69) is 0 Å². The maximum atomic E-state index is 12.5. The van der Waals surface area contributed by atoms with Crippen molar-refractivity contribution in [1.29, 1.82) is 0 Å². The van der Waals surface area contributed by atoms with Crippen molar-refractivity contribution >= 4 is 22.7 Å². The Hall–Kier alpha value is -3.93. The Morgan fingerprint density at radius 2 is 1.61 bits per heavy atom. The summed E-state index contributed by atoms with van der Waals surface area (Å²) in [4.78, 5) is 35.8. The molecule has 0 radical (unpaired) electrons. The Morgan fingerprint density at radius 1 is 0.903 bits per heavy atom. The van der Waals surface area contributed by atoms with E-state index in [4.69, 9.17) is 13.6 Å². The molecule has 0 aliphatic carbocycles. The lowest BCUT2D eigenvalue weighted by Gasteiger charge is -2.08. The Morgan fingerprint density at radius 3 is 2.32 bits per heavy atom. The van der Waals surface area contributed by atoms with Gasteiger partial charge in [-0.05, 0) is 56.2 Å². The minimum Gasteiger partial charge on any atom is -0.455 e. The van der Waals surface area contributed by atoms with Gasteiger partial charge in [-0.2, -0.15) is 0 Å². The lowest BCUT2D eigenvalue weighted by atomic mass is 10.0. The molecular weight excluding hydrogens is 396 g/mol. The molecule has 0 bridgehead atoms. The fourth-order valence-electron chi connectivity index (χ4n) is 3.29. The highest BCUT2D eigenvalue weighted by atomic mass is 16.5. The summed E-state index contributed by atoms with van der Waals surface area (Å²) in [5.74, 6) is -0.135. The number of carbonyl (C=O) groups is 2. The average Bonchev–Trinajstić information content (AvgIpc) is 3.23. The van der Waals surface area contributed by atoms with E-state index in [9.17, 15) is 14.4 Å². The molecule has 6 nitrogen and oxygen atoms in total. The van der Waals surface area contributed by atoms with Crippen LogP contribution in [-0.4, -0.2) is 11.8 Å². The molecule has 156 valence electrons. The molecule has 2 aromatic heterocycles. The minimum atomic E-state index is -0.642. The summed E-state index contributed by atoms with van der Waals surface area (Å²) < 4.78 is 16.3. The number of Topliss-reactive ketones (excluding diaryl/α,β-unsaturated/α-hetero) is 1. The molecule has 0 aliphatic rings. The van der Waals surface area contributed by atoms with E-state index < -0.39 is 11.6 Å². The normalized spacial score (nSPS) is 10.9. The summed E-state index contributed by atoms with van der Waals surface area (Å²) in [6.45, 7) is 5.30. The number of hydrogen-bond donors (Lipinski definition) is 0. The molecule has 0 spiro atoms. The fraction of sp³-hybridized carbons (Fsp3) is 0.160. The highest BCUT2D eigenvalue weighted by Crippen LogP contribution is 2.25. The van der Waals surface area contributed by atoms with E-state index in [1.54, 1.807) is 36.4 Å². The molecule has 0 fully saturated rings. The van der Waals surface area contributed by atoms with Crippen molar-refractivity contribution in [2.24, 2.45) is 0 Å². The van der Waals surface area contributed by atoms with Crippen LogP contribution in [0.25, 0.3) is 22.3 Å². The van der Waals surface area contributed by atoms with Crippen molar-refractivity contribution in [3.8, 4) is 11.3 Å². The van der Waals surface area contributed by atoms with Gasteiger partial charge in [-0.25, -0.2) is 9.59 Å². The quantitative estimate of drug-likeness (QED) is 0.252. The fourth-order valence-corrected chi connectivity index (χ4v) is 3.29. The number of fused-ring (bicyclic) bond motifs is 1. The molecule has 4 aromatic rings. The van der Waals surface area contributed by atoms with Crippen LogP contribution in [0.5, 0.6) is 0 Å². The van der Waals surface area contributed by atoms with Gasteiger partial charge in [-0.3, -0.25) is 4.79 Å². The zero-order valence-electron chi connectivity index (χ0n) is 17.4. The maximum Gasteiger partial charge on any atom is 0.374 e. The first-order chi connectivity index (χ1) is 14.8. The van der Waals surface area contributed by atoms with Crippen molar-refractivity contribution in [2.45, 2.75) is 27.4 Å². The predicted octanol–water partition coefficient (Wildman–Crippen LogP) is 5.23. The molecule has 4 rings (SSSR count). The lowest BCUT2D eigenvalue weighted by Crippen LogP contribution is -2.07. The molecule has 0 N–H and O–H groups in total. The van der Waals surface area contributed by atoms with Crippen LogP contribution in [0.4, 0.5) is 0 Å². The molecule has 0 aliphatic heterocycles. The summed E-state index contributed by atoms with van der Waals surface area (Å²) >= 11 is 0. The minimum absolute atomic E-state index is 0.0249. The van der Waals surface area contributed by atoms with Crippen LogP contribution in [0.15, 0.2) is 68.2 Å². The van der Waals surface area contributed by atoms with Gasteiger partial charge in [0.15, 0.2) is 5.78 Å². The summed E-state index contributed by atoms with van der Waals surface area (Å²) in [6, 6.07) is 15.1. The van der Waals surface area contributed by atoms with Gasteiger partial charge >= 0.3 is 11.6 Å². The van der Waals surface area contributed by atoms with Gasteiger partial charge in [0.05, 0.1) is 0 Å². The van der Waals surface area contributed by atoms with Gasteiger partial charge in [-0.15, -0.1) is 0 Å². The van der Waals surface area contributed by atoms with Crippen molar-refractivity contribution in [1.82, 2.24) is 0 Å². The third-order valence-corrected chi connectivity index (χ3v) is 5.19. The summed E-state index contributed by atoms with van der Waals surface area (Å²) in [6.07, 6.45) is 0. The van der Waals surface area contributed by atoms with E-state index in [-0.39, 0.29) is 18.2 Å². The van der Waals surface area contributed by atoms with Crippen molar-refractivity contribution in [2.75, 3.05) is 0 Å². The van der Waals surface area contributed by atoms with E-state index >= 15 is 0 Å². The Balaban J connectivity index is 1.53. The van der Waals surface area contributed by atoms with Crippen LogP contribution in [0, 0.1) is 13.8 Å². The standard InChI is InChI=1S/C25H20O6/c1-14-10-20-19(12-24(27)31-23(20)11-15(14)2)13-29-25(28)22-9-8-21(30-22)18-6-4-17(5-7-18)16(3)26/h4-12H,13H2,1-3H3. The van der Waals surface area contributed by atoms with Crippen LogP contribution in [0.1, 0.15) is 44.5 Å². The molecule has 0 saturated heterocycles. The second-order valence-electron chi connectivity index (χ2n) is 7.40. The van der Waals surface area contributed by atoms with Crippen molar-refractivity contribution < 1.29 is 23.2 Å². The molecule has 2 heterocycles. The first-order valence-electron chi connectivity index (χ1n) is 9.74. The number of carbonyl (C=O) groups excluding carboxylic acids is 2. The number of ketones is 1. The largest absolute Gasteiger partial charge is 0.455 e. The zero-order valence-corrected chi connectivity index (χ0v) is 17.4. The number of esters is 1. The number of benzene rings is 2. The Bertz CT molecular complexity index is 1360. The molecule has 0 amide bonds. The van der Waals surface area contributed by atoms with E-state index in [0.29, 0.717) is 22.5 Å². The van der Waals surface area contributed by atoms with E-state index in [1.807, 2.05) is 19.9 Å². The van der Waals surface area contributed by atoms with Crippen LogP contribution in [0.3, 0.4) is 0 Å². The Labute approximate surface area is 178 Å². The Kier molecular flexibility index (Phi) is 5.29. The van der Waals surface area contributed by atoms with Gasteiger partial charge in [0.2, 0.25) is 5.76 Å². The number of rotatable bonds is 5. The van der Waals surface area contributed by atoms with Crippen LogP contribution in [0.2, 0.25) is 0 Å². The topological polar surface area (TPSA) is 86.7 Å². The van der Waals surface area contributed by atoms with Gasteiger partial charge in [-0.1, -0.05) is 24.3 Å². The molecule has 0 atom stereocenters. The van der Waals surface area contributed by atoms with E-state index in [1.165, 1.54) is 19.1 Å². The van der Waals surface area contributed by atoms with Crippen molar-refractivity contribution in [3.05, 3.63) is 93.0 Å². The maximum absolute atomic E-state index is 12.5.